The highest BCUT2D eigenvalue weighted by Gasteiger charge is 2.34. The maximum atomic E-state index is 13.3. The van der Waals surface area contributed by atoms with E-state index >= 15 is 0 Å². The number of carbonyl (C=O) groups is 2. The standard InChI is InChI=1S/C28H31FN4O2/c1-2-30-28(35)31-25(21-9-5-3-6-10-21)26(22-11-7-4-8-12-22)32-17-19-33(20-18-32)27(34)23-13-15-24(29)16-14-23/h3-16,25-26H,2,17-20H2,1H3,(H2,30,31,35)/t25-,26+/m1/s1. The predicted octanol–water partition coefficient (Wildman–Crippen LogP) is 4.39. The molecule has 182 valence electrons. The molecule has 6 nitrogen and oxygen atoms in total. The molecule has 3 aromatic carbocycles. The van der Waals surface area contributed by atoms with Gasteiger partial charge in [-0.05, 0) is 42.3 Å². The lowest BCUT2D eigenvalue weighted by molar-refractivity contribution is 0.0523. The van der Waals surface area contributed by atoms with Gasteiger partial charge in [0.05, 0.1) is 12.1 Å². The van der Waals surface area contributed by atoms with E-state index in [2.05, 4.69) is 27.7 Å². The molecule has 0 unspecified atom stereocenters. The number of urea groups is 1. The fraction of sp³-hybridized carbons (Fsp3) is 0.286. The Hall–Kier alpha value is -3.71. The normalized spacial score (nSPS) is 15.8. The number of halogens is 1. The molecule has 1 saturated heterocycles. The van der Waals surface area contributed by atoms with Gasteiger partial charge in [0, 0.05) is 38.3 Å². The zero-order valence-electron chi connectivity index (χ0n) is 19.9. The molecule has 0 radical (unpaired) electrons. The van der Waals surface area contributed by atoms with Crippen molar-refractivity contribution in [2.24, 2.45) is 0 Å². The molecule has 0 saturated carbocycles. The van der Waals surface area contributed by atoms with Crippen LogP contribution < -0.4 is 10.6 Å². The second kappa shape index (κ2) is 11.6. The molecule has 1 aliphatic rings. The molecule has 1 fully saturated rings. The Morgan fingerprint density at radius 2 is 1.40 bits per heavy atom. The lowest BCUT2D eigenvalue weighted by Crippen LogP contribution is -2.52. The number of piperazine rings is 1. The highest BCUT2D eigenvalue weighted by atomic mass is 19.1. The van der Waals surface area contributed by atoms with Crippen LogP contribution in [0.15, 0.2) is 84.9 Å². The van der Waals surface area contributed by atoms with Crippen LogP contribution in [0, 0.1) is 5.82 Å². The largest absolute Gasteiger partial charge is 0.338 e. The van der Waals surface area contributed by atoms with Crippen LogP contribution in [0.4, 0.5) is 9.18 Å². The predicted molar refractivity (Wildman–Crippen MR) is 134 cm³/mol. The first-order valence-corrected chi connectivity index (χ1v) is 12.0. The minimum absolute atomic E-state index is 0.0963. The van der Waals surface area contributed by atoms with E-state index in [9.17, 15) is 14.0 Å². The van der Waals surface area contributed by atoms with E-state index in [-0.39, 0.29) is 29.8 Å². The van der Waals surface area contributed by atoms with Crippen molar-refractivity contribution < 1.29 is 14.0 Å². The van der Waals surface area contributed by atoms with Crippen molar-refractivity contribution in [2.75, 3.05) is 32.7 Å². The molecular weight excluding hydrogens is 443 g/mol. The van der Waals surface area contributed by atoms with Crippen molar-refractivity contribution in [3.05, 3.63) is 107 Å². The first-order valence-electron chi connectivity index (χ1n) is 12.0. The van der Waals surface area contributed by atoms with Crippen LogP contribution >= 0.6 is 0 Å². The molecule has 0 bridgehead atoms. The van der Waals surface area contributed by atoms with Gasteiger partial charge in [-0.2, -0.15) is 0 Å². The number of hydrogen-bond acceptors (Lipinski definition) is 3. The highest BCUT2D eigenvalue weighted by Crippen LogP contribution is 2.35. The third-order valence-corrected chi connectivity index (χ3v) is 6.33. The van der Waals surface area contributed by atoms with Gasteiger partial charge in [-0.3, -0.25) is 9.69 Å². The average molecular weight is 475 g/mol. The lowest BCUT2D eigenvalue weighted by atomic mass is 9.91. The molecule has 1 heterocycles. The molecule has 35 heavy (non-hydrogen) atoms. The Balaban J connectivity index is 1.58. The highest BCUT2D eigenvalue weighted by molar-refractivity contribution is 5.94. The van der Waals surface area contributed by atoms with Gasteiger partial charge in [-0.25, -0.2) is 9.18 Å². The van der Waals surface area contributed by atoms with Crippen molar-refractivity contribution in [1.29, 1.82) is 0 Å². The van der Waals surface area contributed by atoms with E-state index in [1.165, 1.54) is 24.3 Å². The van der Waals surface area contributed by atoms with Crippen LogP contribution in [0.1, 0.15) is 40.5 Å². The smallest absolute Gasteiger partial charge is 0.315 e. The first kappa shape index (κ1) is 24.4. The Kier molecular flexibility index (Phi) is 8.11. The molecule has 3 amide bonds. The summed E-state index contributed by atoms with van der Waals surface area (Å²) in [6, 6.07) is 25.2. The molecule has 2 atom stereocenters. The molecular formula is C28H31FN4O2. The second-order valence-corrected chi connectivity index (χ2v) is 8.58. The first-order chi connectivity index (χ1) is 17.1. The van der Waals surface area contributed by atoms with E-state index < -0.39 is 0 Å². The quantitative estimate of drug-likeness (QED) is 0.534. The Labute approximate surface area is 205 Å². The molecule has 4 rings (SSSR count). The number of nitrogens with zero attached hydrogens (tertiary/aromatic N) is 2. The zero-order valence-corrected chi connectivity index (χ0v) is 19.9. The van der Waals surface area contributed by atoms with Gasteiger partial charge >= 0.3 is 6.03 Å². The number of benzene rings is 3. The van der Waals surface area contributed by atoms with E-state index in [4.69, 9.17) is 0 Å². The zero-order chi connectivity index (χ0) is 24.6. The summed E-state index contributed by atoms with van der Waals surface area (Å²) in [5.41, 5.74) is 2.59. The van der Waals surface area contributed by atoms with E-state index in [1.807, 2.05) is 55.5 Å². The van der Waals surface area contributed by atoms with Crippen LogP contribution in [0.5, 0.6) is 0 Å². The van der Waals surface area contributed by atoms with Crippen molar-refractivity contribution in [3.8, 4) is 0 Å². The molecule has 1 aliphatic heterocycles. The molecule has 0 aliphatic carbocycles. The molecule has 0 aromatic heterocycles. The molecule has 0 spiro atoms. The maximum absolute atomic E-state index is 13.3. The number of hydrogen-bond donors (Lipinski definition) is 2. The summed E-state index contributed by atoms with van der Waals surface area (Å²) < 4.78 is 13.3. The average Bonchev–Trinajstić information content (AvgIpc) is 2.90. The van der Waals surface area contributed by atoms with Gasteiger partial charge in [0.2, 0.25) is 0 Å². The fourth-order valence-electron chi connectivity index (χ4n) is 4.60. The van der Waals surface area contributed by atoms with Crippen molar-refractivity contribution in [1.82, 2.24) is 20.4 Å². The summed E-state index contributed by atoms with van der Waals surface area (Å²) in [6.07, 6.45) is 0. The van der Waals surface area contributed by atoms with Crippen molar-refractivity contribution in [2.45, 2.75) is 19.0 Å². The van der Waals surface area contributed by atoms with E-state index in [0.717, 1.165) is 11.1 Å². The van der Waals surface area contributed by atoms with Gasteiger partial charge in [-0.1, -0.05) is 60.7 Å². The third-order valence-electron chi connectivity index (χ3n) is 6.33. The topological polar surface area (TPSA) is 64.7 Å². The third kappa shape index (κ3) is 6.05. The van der Waals surface area contributed by atoms with Crippen LogP contribution in [-0.2, 0) is 0 Å². The number of carbonyl (C=O) groups excluding carboxylic acids is 2. The van der Waals surface area contributed by atoms with Gasteiger partial charge in [0.1, 0.15) is 5.82 Å². The number of nitrogens with one attached hydrogen (secondary N) is 2. The van der Waals surface area contributed by atoms with E-state index in [1.54, 1.807) is 4.90 Å². The SMILES string of the molecule is CCNC(=O)N[C@H](c1ccccc1)[C@H](c1ccccc1)N1CCN(C(=O)c2ccc(F)cc2)CC1. The van der Waals surface area contributed by atoms with Gasteiger partial charge in [-0.15, -0.1) is 0 Å². The summed E-state index contributed by atoms with van der Waals surface area (Å²) in [5.74, 6) is -0.454. The van der Waals surface area contributed by atoms with Gasteiger partial charge in [0.15, 0.2) is 0 Å². The maximum Gasteiger partial charge on any atom is 0.315 e. The molecule has 2 N–H and O–H groups in total. The summed E-state index contributed by atoms with van der Waals surface area (Å²) in [7, 11) is 0. The summed E-state index contributed by atoms with van der Waals surface area (Å²) in [4.78, 5) is 29.7. The second-order valence-electron chi connectivity index (χ2n) is 8.58. The summed E-state index contributed by atoms with van der Waals surface area (Å²) >= 11 is 0. The lowest BCUT2D eigenvalue weighted by Gasteiger charge is -2.43. The monoisotopic (exact) mass is 474 g/mol. The molecule has 3 aromatic rings. The minimum atomic E-state index is -0.358. The fourth-order valence-corrected chi connectivity index (χ4v) is 4.60. The minimum Gasteiger partial charge on any atom is -0.338 e. The van der Waals surface area contributed by atoms with E-state index in [0.29, 0.717) is 38.3 Å². The summed E-state index contributed by atoms with van der Waals surface area (Å²) in [5, 5.41) is 6.04. The van der Waals surface area contributed by atoms with Crippen molar-refractivity contribution in [3.63, 3.8) is 0 Å². The van der Waals surface area contributed by atoms with Crippen LogP contribution in [0.25, 0.3) is 0 Å². The Morgan fingerprint density at radius 3 is 1.97 bits per heavy atom. The van der Waals surface area contributed by atoms with Gasteiger partial charge in [0.25, 0.3) is 5.91 Å². The van der Waals surface area contributed by atoms with Gasteiger partial charge < -0.3 is 15.5 Å². The Bertz CT molecular complexity index is 1100. The van der Waals surface area contributed by atoms with Crippen LogP contribution in [0.2, 0.25) is 0 Å². The molecule has 7 heteroatoms. The Morgan fingerprint density at radius 1 is 0.829 bits per heavy atom. The van der Waals surface area contributed by atoms with Crippen LogP contribution in [-0.4, -0.2) is 54.5 Å². The van der Waals surface area contributed by atoms with Crippen molar-refractivity contribution >= 4 is 11.9 Å². The number of amides is 3. The van der Waals surface area contributed by atoms with Crippen LogP contribution in [0.3, 0.4) is 0 Å². The number of rotatable bonds is 7. The summed E-state index contributed by atoms with van der Waals surface area (Å²) in [6.45, 7) is 4.81.